The van der Waals surface area contributed by atoms with Crippen molar-refractivity contribution in [1.82, 2.24) is 9.97 Å². The van der Waals surface area contributed by atoms with Gasteiger partial charge in [-0.1, -0.05) is 12.5 Å². The Morgan fingerprint density at radius 1 is 1.47 bits per heavy atom. The zero-order chi connectivity index (χ0) is 11.5. The van der Waals surface area contributed by atoms with E-state index in [0.29, 0.717) is 17.3 Å². The lowest BCUT2D eigenvalue weighted by molar-refractivity contribution is 0.680. The van der Waals surface area contributed by atoms with E-state index >= 15 is 0 Å². The van der Waals surface area contributed by atoms with Crippen LogP contribution < -0.4 is 11.5 Å². The highest BCUT2D eigenvalue weighted by molar-refractivity contribution is 5.48. The van der Waals surface area contributed by atoms with Crippen molar-refractivity contribution in [1.29, 1.82) is 0 Å². The molecule has 4 heteroatoms. The van der Waals surface area contributed by atoms with Gasteiger partial charge in [-0.05, 0) is 25.8 Å². The largest absolute Gasteiger partial charge is 0.384 e. The van der Waals surface area contributed by atoms with Crippen molar-refractivity contribution in [3.05, 3.63) is 24.2 Å². The summed E-state index contributed by atoms with van der Waals surface area (Å²) in [4.78, 5) is 8.09. The zero-order valence-electron chi connectivity index (χ0n) is 8.91. The molecule has 0 aliphatic heterocycles. The standard InChI is InChI=1S/C11H14N4/c1-4-8-7-9(12)15-10(14-8)5-6-11(2,3)13/h4,7H,1,13H2,2-3H3,(H2,12,14,15). The van der Waals surface area contributed by atoms with Gasteiger partial charge >= 0.3 is 0 Å². The second-order valence-electron chi connectivity index (χ2n) is 3.72. The lowest BCUT2D eigenvalue weighted by Gasteiger charge is -2.07. The summed E-state index contributed by atoms with van der Waals surface area (Å²) in [5.74, 6) is 6.34. The summed E-state index contributed by atoms with van der Waals surface area (Å²) in [7, 11) is 0. The summed E-state index contributed by atoms with van der Waals surface area (Å²) in [6, 6.07) is 1.63. The molecule has 4 nitrogen and oxygen atoms in total. The monoisotopic (exact) mass is 202 g/mol. The molecule has 0 amide bonds. The molecule has 15 heavy (non-hydrogen) atoms. The maximum absolute atomic E-state index is 5.71. The van der Waals surface area contributed by atoms with Crippen LogP contribution in [-0.4, -0.2) is 15.5 Å². The van der Waals surface area contributed by atoms with Crippen LogP contribution in [0.3, 0.4) is 0 Å². The molecule has 0 bridgehead atoms. The average Bonchev–Trinajstić information content (AvgIpc) is 2.13. The van der Waals surface area contributed by atoms with Crippen LogP contribution in [0.15, 0.2) is 12.6 Å². The number of rotatable bonds is 1. The predicted octanol–water partition coefficient (Wildman–Crippen LogP) is 0.791. The molecule has 0 aliphatic carbocycles. The molecule has 0 fully saturated rings. The van der Waals surface area contributed by atoms with Gasteiger partial charge in [-0.3, -0.25) is 0 Å². The zero-order valence-corrected chi connectivity index (χ0v) is 8.91. The summed E-state index contributed by atoms with van der Waals surface area (Å²) in [5, 5.41) is 0. The van der Waals surface area contributed by atoms with Crippen LogP contribution in [0, 0.1) is 11.8 Å². The topological polar surface area (TPSA) is 77.8 Å². The fraction of sp³-hybridized carbons (Fsp3) is 0.273. The van der Waals surface area contributed by atoms with Gasteiger partial charge in [0.1, 0.15) is 5.82 Å². The third kappa shape index (κ3) is 3.79. The first-order valence-electron chi connectivity index (χ1n) is 4.50. The number of nitrogen functional groups attached to an aromatic ring is 1. The molecule has 1 heterocycles. The van der Waals surface area contributed by atoms with Gasteiger partial charge in [0.25, 0.3) is 0 Å². The Labute approximate surface area is 89.4 Å². The minimum Gasteiger partial charge on any atom is -0.384 e. The van der Waals surface area contributed by atoms with Crippen molar-refractivity contribution < 1.29 is 0 Å². The maximum Gasteiger partial charge on any atom is 0.207 e. The van der Waals surface area contributed by atoms with E-state index in [4.69, 9.17) is 11.5 Å². The maximum atomic E-state index is 5.71. The van der Waals surface area contributed by atoms with E-state index in [2.05, 4.69) is 28.4 Å². The number of anilines is 1. The summed E-state index contributed by atoms with van der Waals surface area (Å²) in [6.45, 7) is 7.22. The highest BCUT2D eigenvalue weighted by atomic mass is 14.9. The first kappa shape index (κ1) is 11.2. The van der Waals surface area contributed by atoms with Crippen LogP contribution in [0.4, 0.5) is 5.82 Å². The van der Waals surface area contributed by atoms with Gasteiger partial charge in [0, 0.05) is 6.07 Å². The molecule has 0 saturated heterocycles. The van der Waals surface area contributed by atoms with E-state index in [1.165, 1.54) is 0 Å². The van der Waals surface area contributed by atoms with Crippen molar-refractivity contribution in [3.8, 4) is 11.8 Å². The first-order chi connectivity index (χ1) is 6.90. The molecule has 0 saturated carbocycles. The summed E-state index contributed by atoms with van der Waals surface area (Å²) >= 11 is 0. The van der Waals surface area contributed by atoms with E-state index in [-0.39, 0.29) is 0 Å². The van der Waals surface area contributed by atoms with E-state index < -0.39 is 5.54 Å². The van der Waals surface area contributed by atoms with E-state index in [0.717, 1.165) is 0 Å². The van der Waals surface area contributed by atoms with Gasteiger partial charge in [-0.25, -0.2) is 9.97 Å². The molecule has 78 valence electrons. The predicted molar refractivity (Wildman–Crippen MR) is 61.7 cm³/mol. The van der Waals surface area contributed by atoms with Crippen LogP contribution in [0.2, 0.25) is 0 Å². The first-order valence-corrected chi connectivity index (χ1v) is 4.50. The van der Waals surface area contributed by atoms with Gasteiger partial charge < -0.3 is 11.5 Å². The molecule has 1 aromatic rings. The Hall–Kier alpha value is -1.86. The van der Waals surface area contributed by atoms with Gasteiger partial charge in [0.2, 0.25) is 5.82 Å². The molecular weight excluding hydrogens is 188 g/mol. The average molecular weight is 202 g/mol. The minimum atomic E-state index is -0.567. The van der Waals surface area contributed by atoms with Crippen molar-refractivity contribution in [3.63, 3.8) is 0 Å². The molecular formula is C11H14N4. The summed E-state index contributed by atoms with van der Waals surface area (Å²) < 4.78 is 0. The van der Waals surface area contributed by atoms with Crippen LogP contribution in [0.5, 0.6) is 0 Å². The molecule has 1 aromatic heterocycles. The van der Waals surface area contributed by atoms with Crippen LogP contribution in [-0.2, 0) is 0 Å². The number of nitrogens with zero attached hydrogens (tertiary/aromatic N) is 2. The van der Waals surface area contributed by atoms with E-state index in [1.54, 1.807) is 26.0 Å². The normalized spacial score (nSPS) is 10.3. The third-order valence-corrected chi connectivity index (χ3v) is 1.47. The summed E-state index contributed by atoms with van der Waals surface area (Å²) in [5.41, 5.74) is 11.4. The lowest BCUT2D eigenvalue weighted by Crippen LogP contribution is -2.29. The number of nitrogens with two attached hydrogens (primary N) is 2. The molecule has 0 aliphatic rings. The van der Waals surface area contributed by atoms with Crippen LogP contribution in [0.1, 0.15) is 25.4 Å². The fourth-order valence-corrected chi connectivity index (χ4v) is 0.863. The van der Waals surface area contributed by atoms with Crippen LogP contribution >= 0.6 is 0 Å². The molecule has 0 unspecified atom stereocenters. The molecule has 0 spiro atoms. The number of aromatic nitrogens is 2. The Bertz CT molecular complexity index is 432. The summed E-state index contributed by atoms with van der Waals surface area (Å²) in [6.07, 6.45) is 1.59. The van der Waals surface area contributed by atoms with Crippen molar-refractivity contribution >= 4 is 11.9 Å². The minimum absolute atomic E-state index is 0.364. The molecule has 1 rings (SSSR count). The van der Waals surface area contributed by atoms with E-state index in [9.17, 15) is 0 Å². The highest BCUT2D eigenvalue weighted by Crippen LogP contribution is 2.03. The fourth-order valence-electron chi connectivity index (χ4n) is 0.863. The van der Waals surface area contributed by atoms with Gasteiger partial charge in [0.15, 0.2) is 0 Å². The highest BCUT2D eigenvalue weighted by Gasteiger charge is 2.04. The van der Waals surface area contributed by atoms with Gasteiger partial charge in [-0.2, -0.15) is 0 Å². The molecule has 0 atom stereocenters. The molecule has 4 N–H and O–H groups in total. The molecule has 0 radical (unpaired) electrons. The van der Waals surface area contributed by atoms with Crippen LogP contribution in [0.25, 0.3) is 6.08 Å². The molecule has 0 aromatic carbocycles. The smallest absolute Gasteiger partial charge is 0.207 e. The van der Waals surface area contributed by atoms with E-state index in [1.807, 2.05) is 0 Å². The number of hydrogen-bond acceptors (Lipinski definition) is 4. The van der Waals surface area contributed by atoms with Crippen molar-refractivity contribution in [2.45, 2.75) is 19.4 Å². The quantitative estimate of drug-likeness (QED) is 0.660. The number of hydrogen-bond donors (Lipinski definition) is 2. The third-order valence-electron chi connectivity index (χ3n) is 1.47. The van der Waals surface area contributed by atoms with Crippen molar-refractivity contribution in [2.24, 2.45) is 5.73 Å². The Kier molecular flexibility index (Phi) is 3.08. The van der Waals surface area contributed by atoms with Crippen molar-refractivity contribution in [2.75, 3.05) is 5.73 Å². The van der Waals surface area contributed by atoms with Gasteiger partial charge in [0.05, 0.1) is 11.2 Å². The second kappa shape index (κ2) is 4.11. The Morgan fingerprint density at radius 2 is 2.13 bits per heavy atom. The Morgan fingerprint density at radius 3 is 2.67 bits per heavy atom. The SMILES string of the molecule is C=Cc1cc(N)nc(C#CC(C)(C)N)n1. The Balaban J connectivity index is 3.09. The second-order valence-corrected chi connectivity index (χ2v) is 3.72. The van der Waals surface area contributed by atoms with Gasteiger partial charge in [-0.15, -0.1) is 0 Å². The lowest BCUT2D eigenvalue weighted by atomic mass is 10.1.